The van der Waals surface area contributed by atoms with Gasteiger partial charge in [0, 0.05) is 13.0 Å². The molecule has 19 heavy (non-hydrogen) atoms. The summed E-state index contributed by atoms with van der Waals surface area (Å²) < 4.78 is 1.59. The van der Waals surface area contributed by atoms with Crippen molar-refractivity contribution in [3.8, 4) is 0 Å². The molecule has 1 aromatic carbocycles. The summed E-state index contributed by atoms with van der Waals surface area (Å²) in [6, 6.07) is 4.61. The molecule has 0 aliphatic heterocycles. The van der Waals surface area contributed by atoms with Crippen LogP contribution in [0.2, 0.25) is 0 Å². The van der Waals surface area contributed by atoms with Crippen LogP contribution in [0.5, 0.6) is 0 Å². The Hall–Kier alpha value is -2.44. The van der Waals surface area contributed by atoms with Crippen molar-refractivity contribution in [2.75, 3.05) is 6.54 Å². The summed E-state index contributed by atoms with van der Waals surface area (Å²) in [5.74, 6) is -1.05. The second-order valence-corrected chi connectivity index (χ2v) is 4.02. The number of nitrogens with one attached hydrogen (secondary N) is 1. The van der Waals surface area contributed by atoms with Crippen LogP contribution in [-0.4, -0.2) is 38.5 Å². The minimum atomic E-state index is -1.00. The highest BCUT2D eigenvalue weighted by Gasteiger charge is 2.09. The number of carbonyl (C=O) groups excluding carboxylic acids is 1. The van der Waals surface area contributed by atoms with E-state index in [4.69, 9.17) is 5.11 Å². The SMILES string of the molecule is CCNC(=O)CCn1nnc2cc(C(=O)O)ccc21. The predicted octanol–water partition coefficient (Wildman–Crippen LogP) is 0.656. The largest absolute Gasteiger partial charge is 0.478 e. The number of aromatic nitrogens is 3. The molecule has 7 nitrogen and oxygen atoms in total. The first-order valence-corrected chi connectivity index (χ1v) is 5.95. The molecule has 100 valence electrons. The van der Waals surface area contributed by atoms with Crippen molar-refractivity contribution in [2.45, 2.75) is 19.9 Å². The predicted molar refractivity (Wildman–Crippen MR) is 67.8 cm³/mol. The Balaban J connectivity index is 2.17. The van der Waals surface area contributed by atoms with Gasteiger partial charge in [-0.25, -0.2) is 9.48 Å². The number of carboxylic acids is 1. The Labute approximate surface area is 109 Å². The molecule has 0 fully saturated rings. The molecule has 0 bridgehead atoms. The Morgan fingerprint density at radius 1 is 1.42 bits per heavy atom. The number of nitrogens with zero attached hydrogens (tertiary/aromatic N) is 3. The third kappa shape index (κ3) is 2.87. The molecule has 2 rings (SSSR count). The lowest BCUT2D eigenvalue weighted by molar-refractivity contribution is -0.121. The van der Waals surface area contributed by atoms with E-state index in [0.29, 0.717) is 30.5 Å². The van der Waals surface area contributed by atoms with Gasteiger partial charge in [-0.3, -0.25) is 4.79 Å². The monoisotopic (exact) mass is 262 g/mol. The van der Waals surface area contributed by atoms with Gasteiger partial charge in [0.1, 0.15) is 5.52 Å². The van der Waals surface area contributed by atoms with Crippen LogP contribution < -0.4 is 5.32 Å². The van der Waals surface area contributed by atoms with E-state index in [0.717, 1.165) is 0 Å². The fourth-order valence-electron chi connectivity index (χ4n) is 1.76. The fraction of sp³-hybridized carbons (Fsp3) is 0.333. The van der Waals surface area contributed by atoms with Crippen molar-refractivity contribution in [1.29, 1.82) is 0 Å². The van der Waals surface area contributed by atoms with Gasteiger partial charge in [-0.15, -0.1) is 5.10 Å². The number of carboxylic acid groups (broad SMARTS) is 1. The average molecular weight is 262 g/mol. The van der Waals surface area contributed by atoms with E-state index in [1.807, 2.05) is 6.92 Å². The maximum Gasteiger partial charge on any atom is 0.335 e. The van der Waals surface area contributed by atoms with Gasteiger partial charge in [-0.2, -0.15) is 0 Å². The number of amides is 1. The maximum absolute atomic E-state index is 11.4. The minimum absolute atomic E-state index is 0.0479. The molecule has 2 aromatic rings. The molecular formula is C12H14N4O3. The van der Waals surface area contributed by atoms with Crippen LogP contribution in [0, 0.1) is 0 Å². The molecule has 2 N–H and O–H groups in total. The zero-order valence-corrected chi connectivity index (χ0v) is 10.5. The van der Waals surface area contributed by atoms with Crippen molar-refractivity contribution < 1.29 is 14.7 Å². The van der Waals surface area contributed by atoms with Crippen LogP contribution >= 0.6 is 0 Å². The van der Waals surface area contributed by atoms with E-state index in [2.05, 4.69) is 15.6 Å². The Bertz CT molecular complexity index is 620. The molecule has 1 aromatic heterocycles. The molecule has 0 unspecified atom stereocenters. The molecule has 7 heteroatoms. The zero-order chi connectivity index (χ0) is 13.8. The van der Waals surface area contributed by atoms with Crippen LogP contribution in [0.25, 0.3) is 11.0 Å². The maximum atomic E-state index is 11.4. The van der Waals surface area contributed by atoms with Gasteiger partial charge < -0.3 is 10.4 Å². The molecule has 0 aliphatic rings. The first-order valence-electron chi connectivity index (χ1n) is 5.95. The van der Waals surface area contributed by atoms with Crippen molar-refractivity contribution in [2.24, 2.45) is 0 Å². The van der Waals surface area contributed by atoms with E-state index in [-0.39, 0.29) is 11.5 Å². The molecule has 1 heterocycles. The van der Waals surface area contributed by atoms with Crippen LogP contribution in [0.3, 0.4) is 0 Å². The summed E-state index contributed by atoms with van der Waals surface area (Å²) >= 11 is 0. The number of rotatable bonds is 5. The minimum Gasteiger partial charge on any atom is -0.478 e. The summed E-state index contributed by atoms with van der Waals surface area (Å²) in [6.45, 7) is 2.86. The number of hydrogen-bond donors (Lipinski definition) is 2. The highest BCUT2D eigenvalue weighted by molar-refractivity contribution is 5.92. The quantitative estimate of drug-likeness (QED) is 0.824. The molecular weight excluding hydrogens is 248 g/mol. The summed E-state index contributed by atoms with van der Waals surface area (Å²) in [5.41, 5.74) is 1.40. The van der Waals surface area contributed by atoms with Gasteiger partial charge in [-0.1, -0.05) is 5.21 Å². The van der Waals surface area contributed by atoms with E-state index in [1.165, 1.54) is 12.1 Å². The summed E-state index contributed by atoms with van der Waals surface area (Å²) in [5, 5.41) is 19.4. The lowest BCUT2D eigenvalue weighted by Crippen LogP contribution is -2.23. The Morgan fingerprint density at radius 2 is 2.21 bits per heavy atom. The third-order valence-electron chi connectivity index (χ3n) is 2.69. The number of aryl methyl sites for hydroxylation is 1. The van der Waals surface area contributed by atoms with E-state index >= 15 is 0 Å². The summed E-state index contributed by atoms with van der Waals surface area (Å²) in [7, 11) is 0. The van der Waals surface area contributed by atoms with Crippen LogP contribution in [0.1, 0.15) is 23.7 Å². The summed E-state index contributed by atoms with van der Waals surface area (Å²) in [4.78, 5) is 22.2. The van der Waals surface area contributed by atoms with Gasteiger partial charge in [-0.05, 0) is 25.1 Å². The molecule has 0 radical (unpaired) electrons. The smallest absolute Gasteiger partial charge is 0.335 e. The number of hydrogen-bond acceptors (Lipinski definition) is 4. The van der Waals surface area contributed by atoms with Crippen LogP contribution in [0.15, 0.2) is 18.2 Å². The highest BCUT2D eigenvalue weighted by atomic mass is 16.4. The number of fused-ring (bicyclic) bond motifs is 1. The number of benzene rings is 1. The van der Waals surface area contributed by atoms with Crippen molar-refractivity contribution in [3.63, 3.8) is 0 Å². The third-order valence-corrected chi connectivity index (χ3v) is 2.69. The zero-order valence-electron chi connectivity index (χ0n) is 10.5. The lowest BCUT2D eigenvalue weighted by atomic mass is 10.2. The molecule has 0 spiro atoms. The first kappa shape index (κ1) is 13.0. The Kier molecular flexibility index (Phi) is 3.74. The molecule has 0 aliphatic carbocycles. The van der Waals surface area contributed by atoms with E-state index < -0.39 is 5.97 Å². The van der Waals surface area contributed by atoms with Gasteiger partial charge in [0.15, 0.2) is 0 Å². The van der Waals surface area contributed by atoms with E-state index in [9.17, 15) is 9.59 Å². The number of carbonyl (C=O) groups is 2. The normalized spacial score (nSPS) is 10.6. The fourth-order valence-corrected chi connectivity index (χ4v) is 1.76. The molecule has 1 amide bonds. The number of aromatic carboxylic acids is 1. The average Bonchev–Trinajstić information content (AvgIpc) is 2.79. The van der Waals surface area contributed by atoms with Crippen molar-refractivity contribution in [1.82, 2.24) is 20.3 Å². The van der Waals surface area contributed by atoms with Crippen LogP contribution in [0.4, 0.5) is 0 Å². The standard InChI is InChI=1S/C12H14N4O3/c1-2-13-11(17)5-6-16-10-4-3-8(12(18)19)7-9(10)14-15-16/h3-4,7H,2,5-6H2,1H3,(H,13,17)(H,18,19). The molecule has 0 saturated carbocycles. The second-order valence-electron chi connectivity index (χ2n) is 4.02. The van der Waals surface area contributed by atoms with Gasteiger partial charge in [0.25, 0.3) is 0 Å². The first-order chi connectivity index (χ1) is 9.11. The lowest BCUT2D eigenvalue weighted by Gasteiger charge is -2.03. The summed E-state index contributed by atoms with van der Waals surface area (Å²) in [6.07, 6.45) is 0.312. The van der Waals surface area contributed by atoms with Gasteiger partial charge >= 0.3 is 5.97 Å². The second kappa shape index (κ2) is 5.47. The van der Waals surface area contributed by atoms with Crippen molar-refractivity contribution in [3.05, 3.63) is 23.8 Å². The van der Waals surface area contributed by atoms with E-state index in [1.54, 1.807) is 10.7 Å². The van der Waals surface area contributed by atoms with Crippen molar-refractivity contribution >= 4 is 22.9 Å². The van der Waals surface area contributed by atoms with Gasteiger partial charge in [0.2, 0.25) is 5.91 Å². The Morgan fingerprint density at radius 3 is 2.89 bits per heavy atom. The molecule has 0 saturated heterocycles. The highest BCUT2D eigenvalue weighted by Crippen LogP contribution is 2.13. The van der Waals surface area contributed by atoms with Crippen LogP contribution in [-0.2, 0) is 11.3 Å². The van der Waals surface area contributed by atoms with Gasteiger partial charge in [0.05, 0.1) is 17.6 Å². The molecule has 0 atom stereocenters. The topological polar surface area (TPSA) is 97.1 Å².